The number of aromatic nitrogens is 5. The molecule has 244 valence electrons. The van der Waals surface area contributed by atoms with Gasteiger partial charge in [-0.3, -0.25) is 15.0 Å². The van der Waals surface area contributed by atoms with Crippen molar-refractivity contribution < 1.29 is 18.9 Å². The number of hydrogen-bond acceptors (Lipinski definition) is 8. The number of anilines is 1. The van der Waals surface area contributed by atoms with E-state index in [4.69, 9.17) is 33.9 Å². The summed E-state index contributed by atoms with van der Waals surface area (Å²) in [6, 6.07) is 24.2. The van der Waals surface area contributed by atoms with Gasteiger partial charge >= 0.3 is 0 Å². The molecule has 10 nitrogen and oxygen atoms in total. The third-order valence-electron chi connectivity index (χ3n) is 10.6. The zero-order valence-electron chi connectivity index (χ0n) is 26.9. The van der Waals surface area contributed by atoms with Crippen LogP contribution < -0.4 is 5.32 Å². The zero-order chi connectivity index (χ0) is 32.5. The number of hydrogen-bond donors (Lipinski definition) is 1. The zero-order valence-corrected chi connectivity index (χ0v) is 26.9. The molecule has 10 heteroatoms. The maximum absolute atomic E-state index is 5.65. The first-order chi connectivity index (χ1) is 24.7. The van der Waals surface area contributed by atoms with Crippen LogP contribution in [0.25, 0.3) is 61.7 Å². The number of ether oxygens (including phenoxy) is 4. The molecule has 4 unspecified atom stereocenters. The van der Waals surface area contributed by atoms with Gasteiger partial charge < -0.3 is 33.4 Å². The highest BCUT2D eigenvalue weighted by atomic mass is 16.6. The maximum atomic E-state index is 5.65. The molecule has 4 atom stereocenters. The van der Waals surface area contributed by atoms with E-state index in [0.717, 1.165) is 117 Å². The first-order valence-electron chi connectivity index (χ1n) is 17.2. The summed E-state index contributed by atoms with van der Waals surface area (Å²) in [5.74, 6) is 0. The molecule has 0 spiro atoms. The van der Waals surface area contributed by atoms with Gasteiger partial charge in [0.2, 0.25) is 0 Å². The molecule has 0 radical (unpaired) electrons. The van der Waals surface area contributed by atoms with E-state index in [1.165, 1.54) is 5.57 Å². The van der Waals surface area contributed by atoms with Crippen molar-refractivity contribution in [2.45, 2.75) is 24.4 Å². The number of rotatable bonds is 7. The molecule has 0 aliphatic carbocycles. The van der Waals surface area contributed by atoms with Crippen molar-refractivity contribution in [2.75, 3.05) is 38.3 Å². The standard InChI is InChI=1S/C40H30N6O4/c1-5-27(45-29-9-23(33-17-47-33)13-41-37(29)38-30(45)10-24(14-42-38)34-18-48-34)6-2-21(1)22-3-7-28(8-4-22)46-31-11-25(35-19-49-35)15-43-39(31)40-32(46)12-26(16-44-40)36-20-50-36/h1-15,33-36,44H,16-20H2. The van der Waals surface area contributed by atoms with Crippen LogP contribution in [0.4, 0.5) is 5.69 Å². The molecule has 7 aromatic rings. The average molecular weight is 659 g/mol. The van der Waals surface area contributed by atoms with Crippen molar-refractivity contribution in [1.82, 2.24) is 24.1 Å². The van der Waals surface area contributed by atoms with Crippen LogP contribution in [0.1, 0.15) is 40.7 Å². The van der Waals surface area contributed by atoms with Gasteiger partial charge in [0.25, 0.3) is 0 Å². The number of benzene rings is 2. The predicted octanol–water partition coefficient (Wildman–Crippen LogP) is 7.00. The molecule has 5 aliphatic heterocycles. The van der Waals surface area contributed by atoms with Crippen molar-refractivity contribution in [3.63, 3.8) is 0 Å². The number of nitrogens with one attached hydrogen (secondary N) is 1. The fourth-order valence-corrected chi connectivity index (χ4v) is 7.58. The van der Waals surface area contributed by atoms with E-state index in [-0.39, 0.29) is 24.4 Å². The summed E-state index contributed by atoms with van der Waals surface area (Å²) < 4.78 is 27.0. The summed E-state index contributed by atoms with van der Waals surface area (Å²) in [4.78, 5) is 14.6. The molecule has 0 amide bonds. The minimum absolute atomic E-state index is 0.120. The first-order valence-corrected chi connectivity index (χ1v) is 17.2. The molecule has 0 saturated carbocycles. The molecule has 5 aromatic heterocycles. The van der Waals surface area contributed by atoms with E-state index in [9.17, 15) is 0 Å². The van der Waals surface area contributed by atoms with Gasteiger partial charge in [0.05, 0.1) is 54.4 Å². The van der Waals surface area contributed by atoms with Gasteiger partial charge in [-0.25, -0.2) is 0 Å². The number of pyridine rings is 3. The molecule has 4 saturated heterocycles. The number of epoxide rings is 4. The quantitative estimate of drug-likeness (QED) is 0.182. The van der Waals surface area contributed by atoms with E-state index in [2.05, 4.69) is 87.3 Å². The molecule has 10 heterocycles. The largest absolute Gasteiger partial charge is 0.378 e. The van der Waals surface area contributed by atoms with Crippen LogP contribution in [0.2, 0.25) is 0 Å². The Balaban J connectivity index is 0.936. The number of nitrogens with zero attached hydrogens (tertiary/aromatic N) is 5. The van der Waals surface area contributed by atoms with Crippen molar-refractivity contribution in [2.24, 2.45) is 0 Å². The molecule has 1 N–H and O–H groups in total. The fourth-order valence-electron chi connectivity index (χ4n) is 7.58. The Labute approximate surface area is 285 Å². The lowest BCUT2D eigenvalue weighted by Gasteiger charge is -2.17. The van der Waals surface area contributed by atoms with Crippen molar-refractivity contribution in [3.05, 3.63) is 113 Å². The Morgan fingerprint density at radius 2 is 0.980 bits per heavy atom. The van der Waals surface area contributed by atoms with Crippen molar-refractivity contribution in [1.29, 1.82) is 0 Å². The summed E-state index contributed by atoms with van der Waals surface area (Å²) in [5.41, 5.74) is 17.1. The van der Waals surface area contributed by atoms with E-state index >= 15 is 0 Å². The highest BCUT2D eigenvalue weighted by molar-refractivity contribution is 6.05. The van der Waals surface area contributed by atoms with E-state index in [1.54, 1.807) is 0 Å². The molecular weight excluding hydrogens is 628 g/mol. The number of fused-ring (bicyclic) bond motifs is 6. The van der Waals surface area contributed by atoms with Crippen LogP contribution in [0.3, 0.4) is 0 Å². The Morgan fingerprint density at radius 3 is 1.46 bits per heavy atom. The lowest BCUT2D eigenvalue weighted by atomic mass is 10.0. The van der Waals surface area contributed by atoms with E-state index in [0.29, 0.717) is 0 Å². The van der Waals surface area contributed by atoms with Crippen molar-refractivity contribution >= 4 is 44.9 Å². The summed E-state index contributed by atoms with van der Waals surface area (Å²) in [7, 11) is 0. The first kappa shape index (κ1) is 27.4. The van der Waals surface area contributed by atoms with Gasteiger partial charge in [0.1, 0.15) is 41.0 Å². The van der Waals surface area contributed by atoms with E-state index < -0.39 is 0 Å². The van der Waals surface area contributed by atoms with Gasteiger partial charge in [-0.05, 0) is 65.2 Å². The molecular formula is C40H30N6O4. The van der Waals surface area contributed by atoms with Crippen LogP contribution in [-0.4, -0.2) is 63.2 Å². The molecule has 5 aliphatic rings. The topological polar surface area (TPSA) is 111 Å². The van der Waals surface area contributed by atoms with Crippen LogP contribution in [0.5, 0.6) is 0 Å². The van der Waals surface area contributed by atoms with Gasteiger partial charge in [0, 0.05) is 53.2 Å². The molecule has 12 rings (SSSR count). The van der Waals surface area contributed by atoms with Gasteiger partial charge in [-0.2, -0.15) is 0 Å². The van der Waals surface area contributed by atoms with Crippen molar-refractivity contribution in [3.8, 4) is 22.5 Å². The second kappa shape index (κ2) is 10.1. The Bertz CT molecular complexity index is 2500. The highest BCUT2D eigenvalue weighted by Crippen LogP contribution is 2.42. The molecule has 0 bridgehead atoms. The smallest absolute Gasteiger partial charge is 0.115 e. The third-order valence-corrected chi connectivity index (χ3v) is 10.6. The van der Waals surface area contributed by atoms with Crippen LogP contribution in [-0.2, 0) is 18.9 Å². The Kier molecular flexibility index (Phi) is 5.53. The minimum Gasteiger partial charge on any atom is -0.378 e. The second-order valence-electron chi connectivity index (χ2n) is 13.8. The Hall–Kier alpha value is -5.39. The monoisotopic (exact) mass is 658 g/mol. The summed E-state index contributed by atoms with van der Waals surface area (Å²) in [5, 5.41) is 3.65. The molecule has 50 heavy (non-hydrogen) atoms. The Morgan fingerprint density at radius 1 is 0.540 bits per heavy atom. The SMILES string of the molecule is C1=C(C2CO2)CNc2c1n(-c1ccc(-c3ccc(-n4c5cc(C6CO6)cnc5c5ncc(C6CO6)cc54)cc3)cc1)c1cc(C3CO3)cnc21. The molecule has 4 fully saturated rings. The fraction of sp³-hybridized carbons (Fsp3) is 0.225. The normalized spacial score (nSPS) is 23.2. The summed E-state index contributed by atoms with van der Waals surface area (Å²) in [6.45, 7) is 3.79. The average Bonchev–Trinajstić information content (AvgIpc) is 3.97. The van der Waals surface area contributed by atoms with Crippen LogP contribution in [0.15, 0.2) is 90.9 Å². The predicted molar refractivity (Wildman–Crippen MR) is 189 cm³/mol. The lowest BCUT2D eigenvalue weighted by Crippen LogP contribution is -2.14. The van der Waals surface area contributed by atoms with Gasteiger partial charge in [0.15, 0.2) is 0 Å². The highest BCUT2D eigenvalue weighted by Gasteiger charge is 2.33. The lowest BCUT2D eigenvalue weighted by molar-refractivity contribution is 0.415. The van der Waals surface area contributed by atoms with E-state index in [1.807, 2.05) is 18.6 Å². The summed E-state index contributed by atoms with van der Waals surface area (Å²) in [6.07, 6.45) is 8.66. The van der Waals surface area contributed by atoms with Gasteiger partial charge in [-0.1, -0.05) is 24.3 Å². The second-order valence-corrected chi connectivity index (χ2v) is 13.8. The summed E-state index contributed by atoms with van der Waals surface area (Å²) >= 11 is 0. The van der Waals surface area contributed by atoms with Crippen LogP contribution in [0, 0.1) is 0 Å². The van der Waals surface area contributed by atoms with Gasteiger partial charge in [-0.15, -0.1) is 0 Å². The third kappa shape index (κ3) is 4.32. The van der Waals surface area contributed by atoms with Crippen LogP contribution >= 0.6 is 0 Å². The molecule has 2 aromatic carbocycles. The minimum atomic E-state index is 0.120. The maximum Gasteiger partial charge on any atom is 0.115 e.